The van der Waals surface area contributed by atoms with Crippen molar-refractivity contribution in [1.29, 1.82) is 0 Å². The summed E-state index contributed by atoms with van der Waals surface area (Å²) >= 11 is 7.00. The predicted octanol–water partition coefficient (Wildman–Crippen LogP) is 1.62. The van der Waals surface area contributed by atoms with E-state index in [0.29, 0.717) is 10.6 Å². The predicted molar refractivity (Wildman–Crippen MR) is 124 cm³/mol. The Kier molecular flexibility index (Phi) is 8.85. The number of hydrazone groups is 1. The zero-order valence-electron chi connectivity index (χ0n) is 16.9. The largest absolute Gasteiger partial charge is 0.433 e. The number of carbonyl (C=O) groups excluding carboxylic acids is 1. The molecule has 0 unspecified atom stereocenters. The third kappa shape index (κ3) is 7.52. The number of benzene rings is 1. The summed E-state index contributed by atoms with van der Waals surface area (Å²) in [5.41, 5.74) is 8.00. The molecule has 12 nitrogen and oxygen atoms in total. The summed E-state index contributed by atoms with van der Waals surface area (Å²) in [6, 6.07) is 5.17. The number of rotatable bonds is 9. The van der Waals surface area contributed by atoms with Crippen LogP contribution in [0, 0.1) is 29.4 Å². The van der Waals surface area contributed by atoms with E-state index >= 15 is 0 Å². The van der Waals surface area contributed by atoms with Gasteiger partial charge in [-0.15, -0.1) is 18.2 Å². The standard InChI is InChI=1S/C18H17ClN6O6S2/c1-3-6-21-18(23-22-9-12-4-5-17(31-12)25(27)28)24-33(29,30)15-7-11(2)13(19)8-14(15)32-10-16(20)26/h1,4-5,7-9H,6,10H2,2H3,(H2,20,26)(H2,21,23,24)/b22-9+. The molecule has 0 fully saturated rings. The molecule has 2 rings (SSSR count). The number of sulfonamides is 1. The van der Waals surface area contributed by atoms with E-state index in [1.807, 2.05) is 0 Å². The minimum absolute atomic E-state index is 0.0341. The van der Waals surface area contributed by atoms with Crippen LogP contribution < -0.4 is 15.9 Å². The average Bonchev–Trinajstić information content (AvgIpc) is 3.21. The number of nitrogens with zero attached hydrogens (tertiary/aromatic N) is 3. The normalized spacial score (nSPS) is 11.8. The molecule has 0 spiro atoms. The van der Waals surface area contributed by atoms with E-state index in [1.165, 1.54) is 18.2 Å². The maximum Gasteiger partial charge on any atom is 0.433 e. The van der Waals surface area contributed by atoms with Crippen LogP contribution >= 0.6 is 23.4 Å². The summed E-state index contributed by atoms with van der Waals surface area (Å²) < 4.78 is 33.2. The van der Waals surface area contributed by atoms with Gasteiger partial charge >= 0.3 is 5.88 Å². The van der Waals surface area contributed by atoms with Crippen molar-refractivity contribution in [2.75, 3.05) is 12.3 Å². The van der Waals surface area contributed by atoms with Gasteiger partial charge in [0.1, 0.15) is 16.4 Å². The monoisotopic (exact) mass is 512 g/mol. The van der Waals surface area contributed by atoms with Gasteiger partial charge in [-0.25, -0.2) is 23.6 Å². The van der Waals surface area contributed by atoms with Crippen LogP contribution in [0.2, 0.25) is 5.02 Å². The van der Waals surface area contributed by atoms with Gasteiger partial charge in [0, 0.05) is 9.92 Å². The quantitative estimate of drug-likeness (QED) is 0.113. The molecule has 1 heterocycles. The third-order valence-electron chi connectivity index (χ3n) is 3.60. The molecule has 0 bridgehead atoms. The Hall–Kier alpha value is -3.54. The van der Waals surface area contributed by atoms with E-state index in [-0.39, 0.29) is 33.8 Å². The molecule has 0 aliphatic carbocycles. The SMILES string of the molecule is C#CCN=C(N/N=C/c1ccc([N+](=O)[O-])o1)NS(=O)(=O)c1cc(C)c(Cl)cc1SCC(N)=O. The second-order valence-electron chi connectivity index (χ2n) is 6.08. The van der Waals surface area contributed by atoms with Crippen LogP contribution in [0.1, 0.15) is 11.3 Å². The molecule has 15 heteroatoms. The number of amides is 1. The number of primary amides is 1. The van der Waals surface area contributed by atoms with Gasteiger partial charge in [0.25, 0.3) is 10.0 Å². The number of terminal acetylenes is 1. The van der Waals surface area contributed by atoms with Crippen LogP contribution in [0.5, 0.6) is 0 Å². The Labute approximate surface area is 197 Å². The Bertz CT molecular complexity index is 1270. The van der Waals surface area contributed by atoms with Crippen LogP contribution in [-0.2, 0) is 14.8 Å². The van der Waals surface area contributed by atoms with Crippen LogP contribution in [0.25, 0.3) is 0 Å². The van der Waals surface area contributed by atoms with Crippen molar-refractivity contribution >= 4 is 57.4 Å². The number of nitrogens with two attached hydrogens (primary N) is 1. The van der Waals surface area contributed by atoms with Crippen LogP contribution in [0.3, 0.4) is 0 Å². The molecule has 4 N–H and O–H groups in total. The van der Waals surface area contributed by atoms with Crippen LogP contribution in [0.4, 0.5) is 5.88 Å². The maximum atomic E-state index is 13.0. The lowest BCUT2D eigenvalue weighted by atomic mass is 10.2. The first kappa shape index (κ1) is 25.7. The number of hydrogen-bond acceptors (Lipinski definition) is 9. The molecule has 0 radical (unpaired) electrons. The number of nitro groups is 1. The first-order valence-corrected chi connectivity index (χ1v) is 11.6. The zero-order valence-corrected chi connectivity index (χ0v) is 19.3. The van der Waals surface area contributed by atoms with E-state index in [9.17, 15) is 23.3 Å². The lowest BCUT2D eigenvalue weighted by Crippen LogP contribution is -2.39. The molecule has 33 heavy (non-hydrogen) atoms. The highest BCUT2D eigenvalue weighted by Crippen LogP contribution is 2.31. The average molecular weight is 513 g/mol. The third-order valence-corrected chi connectivity index (χ3v) is 6.59. The van der Waals surface area contributed by atoms with E-state index < -0.39 is 26.7 Å². The summed E-state index contributed by atoms with van der Waals surface area (Å²) in [6.07, 6.45) is 6.27. The number of carbonyl (C=O) groups is 1. The summed E-state index contributed by atoms with van der Waals surface area (Å²) in [4.78, 5) is 25.0. The smallest absolute Gasteiger partial charge is 0.400 e. The number of guanidine groups is 1. The molecular formula is C18H17ClN6O6S2. The highest BCUT2D eigenvalue weighted by molar-refractivity contribution is 8.00. The van der Waals surface area contributed by atoms with Crippen LogP contribution in [-0.4, -0.2) is 43.7 Å². The zero-order chi connectivity index (χ0) is 24.6. The van der Waals surface area contributed by atoms with Crippen molar-refractivity contribution in [3.05, 3.63) is 50.7 Å². The number of aryl methyl sites for hydroxylation is 1. The highest BCUT2D eigenvalue weighted by Gasteiger charge is 2.23. The molecule has 0 saturated carbocycles. The highest BCUT2D eigenvalue weighted by atomic mass is 35.5. The Morgan fingerprint density at radius 1 is 1.45 bits per heavy atom. The summed E-state index contributed by atoms with van der Waals surface area (Å²) in [5.74, 6) is 0.634. The second-order valence-corrected chi connectivity index (χ2v) is 9.16. The fraction of sp³-hybridized carbons (Fsp3) is 0.167. The molecular weight excluding hydrogens is 496 g/mol. The van der Waals surface area contributed by atoms with Gasteiger partial charge in [0.2, 0.25) is 11.9 Å². The number of furan rings is 1. The molecule has 0 aliphatic rings. The molecule has 174 valence electrons. The Morgan fingerprint density at radius 2 is 2.18 bits per heavy atom. The fourth-order valence-electron chi connectivity index (χ4n) is 2.17. The Morgan fingerprint density at radius 3 is 2.79 bits per heavy atom. The van der Waals surface area contributed by atoms with Crippen LogP contribution in [0.15, 0.2) is 48.6 Å². The topological polar surface area (TPSA) is 182 Å². The van der Waals surface area contributed by atoms with Gasteiger partial charge in [0.15, 0.2) is 5.76 Å². The lowest BCUT2D eigenvalue weighted by molar-refractivity contribution is -0.402. The summed E-state index contributed by atoms with van der Waals surface area (Å²) in [6.45, 7) is 1.43. The molecule has 0 aliphatic heterocycles. The minimum Gasteiger partial charge on any atom is -0.400 e. The van der Waals surface area contributed by atoms with Crippen molar-refractivity contribution in [3.63, 3.8) is 0 Å². The fourth-order valence-corrected chi connectivity index (χ4v) is 4.74. The van der Waals surface area contributed by atoms with E-state index in [4.69, 9.17) is 28.2 Å². The van der Waals surface area contributed by atoms with Gasteiger partial charge in [0.05, 0.1) is 18.0 Å². The number of hydrogen-bond donors (Lipinski definition) is 3. The summed E-state index contributed by atoms with van der Waals surface area (Å²) in [7, 11) is -4.24. The maximum absolute atomic E-state index is 13.0. The number of nitrogens with one attached hydrogen (secondary N) is 2. The Balaban J connectivity index is 2.29. The lowest BCUT2D eigenvalue weighted by Gasteiger charge is -2.14. The van der Waals surface area contributed by atoms with Gasteiger partial charge in [-0.2, -0.15) is 5.10 Å². The van der Waals surface area contributed by atoms with Crippen molar-refractivity contribution in [3.8, 4) is 12.3 Å². The van der Waals surface area contributed by atoms with Crippen molar-refractivity contribution in [2.45, 2.75) is 16.7 Å². The van der Waals surface area contributed by atoms with Gasteiger partial charge < -0.3 is 10.2 Å². The summed E-state index contributed by atoms with van der Waals surface area (Å²) in [5, 5.41) is 14.7. The molecule has 0 atom stereocenters. The molecule has 0 saturated heterocycles. The molecule has 1 aromatic carbocycles. The van der Waals surface area contributed by atoms with Crippen molar-refractivity contribution < 1.29 is 22.6 Å². The minimum atomic E-state index is -4.24. The first-order valence-electron chi connectivity index (χ1n) is 8.78. The number of aliphatic imine (C=N–C) groups is 1. The molecule has 1 aromatic heterocycles. The van der Waals surface area contributed by atoms with E-state index in [0.717, 1.165) is 24.0 Å². The van der Waals surface area contributed by atoms with Gasteiger partial charge in [-0.1, -0.05) is 17.5 Å². The van der Waals surface area contributed by atoms with Gasteiger partial charge in [-0.3, -0.25) is 14.9 Å². The van der Waals surface area contributed by atoms with Gasteiger partial charge in [-0.05, 0) is 30.7 Å². The van der Waals surface area contributed by atoms with E-state index in [1.54, 1.807) is 6.92 Å². The first-order chi connectivity index (χ1) is 15.5. The molecule has 1 amide bonds. The van der Waals surface area contributed by atoms with E-state index in [2.05, 4.69) is 26.2 Å². The second kappa shape index (κ2) is 11.4. The number of halogens is 1. The number of thioether (sulfide) groups is 1. The van der Waals surface area contributed by atoms with Crippen molar-refractivity contribution in [1.82, 2.24) is 10.1 Å². The van der Waals surface area contributed by atoms with Crippen molar-refractivity contribution in [2.24, 2.45) is 15.8 Å². The molecule has 2 aromatic rings.